The molecule has 0 fully saturated rings. The molecule has 0 rings (SSSR count). The van der Waals surface area contributed by atoms with Gasteiger partial charge in [0.1, 0.15) is 0 Å². The smallest absolute Gasteiger partial charge is 0.550 e. The zero-order chi connectivity index (χ0) is 20.5. The summed E-state index contributed by atoms with van der Waals surface area (Å²) < 4.78 is 0. The van der Waals surface area contributed by atoms with Crippen LogP contribution in [0.4, 0.5) is 0 Å². The molecule has 0 saturated heterocycles. The standard InChI is InChI=1S/C22H45NO4.Na/c1-4-7-8-12-15-19(23(5-2)6-3)18-21(25)20(24)16-13-10-9-11-14-17-22(26)27;/h19-21,24-25H,4-18H2,1-3H3,(H,26,27);/q;+1/p-1. The number of hydrogen-bond donors (Lipinski definition) is 2. The van der Waals surface area contributed by atoms with Gasteiger partial charge in [-0.3, -0.25) is 0 Å². The Balaban J connectivity index is 0. The number of carboxylic acids is 1. The zero-order valence-corrected chi connectivity index (χ0v) is 21.0. The van der Waals surface area contributed by atoms with E-state index in [0.29, 0.717) is 25.3 Å². The molecule has 6 heteroatoms. The zero-order valence-electron chi connectivity index (χ0n) is 19.0. The fraction of sp³-hybridized carbons (Fsp3) is 0.955. The van der Waals surface area contributed by atoms with Crippen molar-refractivity contribution in [1.82, 2.24) is 4.90 Å². The summed E-state index contributed by atoms with van der Waals surface area (Å²) in [6.07, 6.45) is 10.4. The molecule has 0 spiro atoms. The van der Waals surface area contributed by atoms with Crippen LogP contribution in [0.25, 0.3) is 0 Å². The van der Waals surface area contributed by atoms with Gasteiger partial charge in [-0.1, -0.05) is 72.1 Å². The average molecular weight is 410 g/mol. The minimum atomic E-state index is -0.981. The summed E-state index contributed by atoms with van der Waals surface area (Å²) in [4.78, 5) is 12.8. The first-order valence-corrected chi connectivity index (χ1v) is 11.3. The predicted molar refractivity (Wildman–Crippen MR) is 109 cm³/mol. The molecule has 0 saturated carbocycles. The Bertz CT molecular complexity index is 353. The van der Waals surface area contributed by atoms with Crippen LogP contribution in [0, 0.1) is 0 Å². The van der Waals surface area contributed by atoms with Crippen LogP contribution in [-0.4, -0.2) is 52.4 Å². The van der Waals surface area contributed by atoms with E-state index in [-0.39, 0.29) is 36.0 Å². The number of hydrogen-bond acceptors (Lipinski definition) is 5. The molecule has 0 aliphatic carbocycles. The number of aliphatic carboxylic acids is 1. The van der Waals surface area contributed by atoms with Gasteiger partial charge in [-0.25, -0.2) is 0 Å². The van der Waals surface area contributed by atoms with Crippen LogP contribution < -0.4 is 34.7 Å². The second kappa shape index (κ2) is 20.6. The van der Waals surface area contributed by atoms with Crippen LogP contribution in [0.2, 0.25) is 0 Å². The van der Waals surface area contributed by atoms with E-state index in [1.54, 1.807) is 0 Å². The number of unbranched alkanes of at least 4 members (excludes halogenated alkanes) is 7. The first kappa shape index (κ1) is 30.5. The number of aliphatic hydroxyl groups is 2. The second-order valence-corrected chi connectivity index (χ2v) is 7.77. The number of nitrogens with zero attached hydrogens (tertiary/aromatic N) is 1. The molecule has 0 heterocycles. The fourth-order valence-corrected chi connectivity index (χ4v) is 3.78. The van der Waals surface area contributed by atoms with Crippen LogP contribution in [0.5, 0.6) is 0 Å². The molecule has 0 aromatic rings. The number of rotatable bonds is 19. The van der Waals surface area contributed by atoms with Crippen molar-refractivity contribution < 1.29 is 49.7 Å². The number of carbonyl (C=O) groups excluding carboxylic acids is 1. The number of carboxylic acid groups (broad SMARTS) is 1. The second-order valence-electron chi connectivity index (χ2n) is 7.77. The normalized spacial score (nSPS) is 14.5. The van der Waals surface area contributed by atoms with Crippen molar-refractivity contribution in [3.8, 4) is 0 Å². The molecular formula is C22H44NNaO4. The maximum Gasteiger partial charge on any atom is 1.00 e. The van der Waals surface area contributed by atoms with E-state index in [0.717, 1.165) is 45.2 Å². The molecule has 0 aromatic carbocycles. The van der Waals surface area contributed by atoms with Crippen LogP contribution in [0.3, 0.4) is 0 Å². The molecule has 5 nitrogen and oxygen atoms in total. The Morgan fingerprint density at radius 3 is 1.93 bits per heavy atom. The van der Waals surface area contributed by atoms with Gasteiger partial charge in [-0.15, -0.1) is 0 Å². The van der Waals surface area contributed by atoms with Crippen LogP contribution in [-0.2, 0) is 4.79 Å². The first-order valence-electron chi connectivity index (χ1n) is 11.3. The Labute approximate surface area is 195 Å². The van der Waals surface area contributed by atoms with Crippen molar-refractivity contribution >= 4 is 5.97 Å². The summed E-state index contributed by atoms with van der Waals surface area (Å²) in [7, 11) is 0. The minimum Gasteiger partial charge on any atom is -0.550 e. The van der Waals surface area contributed by atoms with E-state index in [1.807, 2.05) is 0 Å². The van der Waals surface area contributed by atoms with Crippen LogP contribution >= 0.6 is 0 Å². The van der Waals surface area contributed by atoms with E-state index < -0.39 is 18.2 Å². The molecule has 28 heavy (non-hydrogen) atoms. The van der Waals surface area contributed by atoms with Crippen molar-refractivity contribution in [3.63, 3.8) is 0 Å². The molecule has 162 valence electrons. The van der Waals surface area contributed by atoms with Gasteiger partial charge in [0.25, 0.3) is 0 Å². The Hall–Kier alpha value is 0.350. The van der Waals surface area contributed by atoms with Gasteiger partial charge < -0.3 is 25.0 Å². The topological polar surface area (TPSA) is 83.8 Å². The van der Waals surface area contributed by atoms with Gasteiger partial charge in [0.15, 0.2) is 0 Å². The fourth-order valence-electron chi connectivity index (χ4n) is 3.78. The summed E-state index contributed by atoms with van der Waals surface area (Å²) in [6.45, 7) is 8.48. The molecule has 2 N–H and O–H groups in total. The maximum atomic E-state index is 10.5. The molecule has 0 radical (unpaired) electrons. The van der Waals surface area contributed by atoms with Crippen LogP contribution in [0.1, 0.15) is 104 Å². The van der Waals surface area contributed by atoms with Crippen molar-refractivity contribution in [2.75, 3.05) is 13.1 Å². The number of carbonyl (C=O) groups is 1. The monoisotopic (exact) mass is 409 g/mol. The molecule has 3 unspecified atom stereocenters. The van der Waals surface area contributed by atoms with Crippen LogP contribution in [0.15, 0.2) is 0 Å². The maximum absolute atomic E-state index is 10.5. The minimum absolute atomic E-state index is 0. The van der Waals surface area contributed by atoms with Gasteiger partial charge >= 0.3 is 29.6 Å². The largest absolute Gasteiger partial charge is 1.00 e. The molecule has 0 aliphatic heterocycles. The quantitative estimate of drug-likeness (QED) is 0.236. The third-order valence-corrected chi connectivity index (χ3v) is 5.56. The molecule has 0 amide bonds. The SMILES string of the molecule is CCCCCCC(CC(O)C(O)CCCCCCCC(=O)[O-])N(CC)CC.[Na+]. The Morgan fingerprint density at radius 2 is 1.36 bits per heavy atom. The van der Waals surface area contributed by atoms with Crippen molar-refractivity contribution in [2.24, 2.45) is 0 Å². The van der Waals surface area contributed by atoms with Crippen molar-refractivity contribution in [3.05, 3.63) is 0 Å². The Kier molecular flexibility index (Phi) is 22.5. The Morgan fingerprint density at radius 1 is 0.821 bits per heavy atom. The first-order chi connectivity index (χ1) is 13.0. The number of aliphatic hydroxyl groups excluding tert-OH is 2. The van der Waals surface area contributed by atoms with Crippen molar-refractivity contribution in [2.45, 2.75) is 122 Å². The molecule has 0 aromatic heterocycles. The van der Waals surface area contributed by atoms with E-state index in [1.165, 1.54) is 25.7 Å². The molecular weight excluding hydrogens is 365 g/mol. The molecule has 0 aliphatic rings. The van der Waals surface area contributed by atoms with E-state index in [4.69, 9.17) is 0 Å². The molecule has 3 atom stereocenters. The van der Waals surface area contributed by atoms with E-state index in [9.17, 15) is 20.1 Å². The van der Waals surface area contributed by atoms with E-state index >= 15 is 0 Å². The predicted octanol–water partition coefficient (Wildman–Crippen LogP) is 0.264. The van der Waals surface area contributed by atoms with Crippen molar-refractivity contribution in [1.29, 1.82) is 0 Å². The summed E-state index contributed by atoms with van der Waals surface area (Å²) in [5.41, 5.74) is 0. The summed E-state index contributed by atoms with van der Waals surface area (Å²) >= 11 is 0. The average Bonchev–Trinajstić information content (AvgIpc) is 2.64. The van der Waals surface area contributed by atoms with Gasteiger partial charge in [0.05, 0.1) is 12.2 Å². The van der Waals surface area contributed by atoms with Gasteiger partial charge in [0.2, 0.25) is 0 Å². The third kappa shape index (κ3) is 16.2. The summed E-state index contributed by atoms with van der Waals surface area (Å²) in [5.74, 6) is -0.981. The summed E-state index contributed by atoms with van der Waals surface area (Å²) in [5, 5.41) is 31.2. The van der Waals surface area contributed by atoms with Gasteiger partial charge in [-0.05, 0) is 45.2 Å². The van der Waals surface area contributed by atoms with Gasteiger partial charge in [0, 0.05) is 12.0 Å². The summed E-state index contributed by atoms with van der Waals surface area (Å²) in [6, 6.07) is 0.339. The molecule has 0 bridgehead atoms. The van der Waals surface area contributed by atoms with Gasteiger partial charge in [-0.2, -0.15) is 0 Å². The third-order valence-electron chi connectivity index (χ3n) is 5.56. The van der Waals surface area contributed by atoms with E-state index in [2.05, 4.69) is 25.7 Å².